The number of nitrogens with one attached hydrogen (secondary N) is 1. The summed E-state index contributed by atoms with van der Waals surface area (Å²) in [6.45, 7) is 0. The van der Waals surface area contributed by atoms with Crippen LogP contribution < -0.4 is 10.1 Å². The molecule has 2 heterocycles. The first-order valence-corrected chi connectivity index (χ1v) is 7.81. The van der Waals surface area contributed by atoms with Gasteiger partial charge in [-0.1, -0.05) is 29.4 Å². The van der Waals surface area contributed by atoms with E-state index in [0.717, 1.165) is 22.6 Å². The van der Waals surface area contributed by atoms with E-state index in [1.54, 1.807) is 17.9 Å². The van der Waals surface area contributed by atoms with Gasteiger partial charge in [-0.3, -0.25) is 10.1 Å². The van der Waals surface area contributed by atoms with E-state index in [-0.39, 0.29) is 11.7 Å². The fourth-order valence-electron chi connectivity index (χ4n) is 2.87. The number of methoxy groups -OCH3 is 1. The SMILES string of the molecule is COc1cccc(C2=CC(c3cccc([N+](=O)[O-])c3)n3nnnc3N2)c1. The van der Waals surface area contributed by atoms with Crippen LogP contribution in [0.25, 0.3) is 5.70 Å². The molecule has 0 bridgehead atoms. The molecule has 1 N–H and O–H groups in total. The Morgan fingerprint density at radius 3 is 2.88 bits per heavy atom. The third-order valence-corrected chi connectivity index (χ3v) is 4.13. The summed E-state index contributed by atoms with van der Waals surface area (Å²) in [6, 6.07) is 13.6. The first-order valence-electron chi connectivity index (χ1n) is 7.81. The molecule has 4 rings (SSSR count). The summed E-state index contributed by atoms with van der Waals surface area (Å²) in [6.07, 6.45) is 1.93. The molecule has 9 nitrogen and oxygen atoms in total. The molecule has 1 unspecified atom stereocenters. The number of hydrogen-bond donors (Lipinski definition) is 1. The number of benzene rings is 2. The maximum atomic E-state index is 11.1. The Hall–Kier alpha value is -3.75. The zero-order valence-electron chi connectivity index (χ0n) is 13.7. The highest BCUT2D eigenvalue weighted by molar-refractivity contribution is 5.77. The molecule has 1 aromatic heterocycles. The van der Waals surface area contributed by atoms with E-state index in [9.17, 15) is 10.1 Å². The lowest BCUT2D eigenvalue weighted by atomic mass is 10.0. The maximum absolute atomic E-state index is 11.1. The molecule has 3 aromatic rings. The van der Waals surface area contributed by atoms with Gasteiger partial charge >= 0.3 is 0 Å². The van der Waals surface area contributed by atoms with Gasteiger partial charge in [0.25, 0.3) is 5.69 Å². The van der Waals surface area contributed by atoms with Crippen LogP contribution in [0.4, 0.5) is 11.6 Å². The van der Waals surface area contributed by atoms with Gasteiger partial charge in [-0.2, -0.15) is 4.68 Å². The normalized spacial score (nSPS) is 15.6. The molecule has 0 radical (unpaired) electrons. The molecule has 1 atom stereocenters. The van der Waals surface area contributed by atoms with Crippen LogP contribution in [0.5, 0.6) is 5.75 Å². The Kier molecular flexibility index (Phi) is 3.81. The van der Waals surface area contributed by atoms with Crippen molar-refractivity contribution in [2.45, 2.75) is 6.04 Å². The Balaban J connectivity index is 1.81. The number of anilines is 1. The van der Waals surface area contributed by atoms with Gasteiger partial charge in [-0.25, -0.2) is 0 Å². The van der Waals surface area contributed by atoms with E-state index in [0.29, 0.717) is 5.95 Å². The van der Waals surface area contributed by atoms with Crippen LogP contribution in [-0.4, -0.2) is 32.2 Å². The minimum atomic E-state index is -0.419. The standard InChI is InChI=1S/C17H14N6O3/c1-26-14-7-3-4-11(9-14)15-10-16(22-17(18-15)19-20-21-22)12-5-2-6-13(8-12)23(24)25/h2-10,16H,1H3,(H,18,19,21). The molecule has 0 saturated heterocycles. The number of allylic oxidation sites excluding steroid dienone is 1. The summed E-state index contributed by atoms with van der Waals surface area (Å²) in [5.74, 6) is 1.18. The van der Waals surface area contributed by atoms with Crippen molar-refractivity contribution in [2.24, 2.45) is 0 Å². The molecule has 1 aliphatic rings. The fourth-order valence-corrected chi connectivity index (χ4v) is 2.87. The van der Waals surface area contributed by atoms with Crippen molar-refractivity contribution in [3.63, 3.8) is 0 Å². The summed E-state index contributed by atoms with van der Waals surface area (Å²) in [7, 11) is 1.61. The number of hydrogen-bond acceptors (Lipinski definition) is 7. The van der Waals surface area contributed by atoms with Crippen molar-refractivity contribution in [2.75, 3.05) is 12.4 Å². The lowest BCUT2D eigenvalue weighted by Gasteiger charge is -2.23. The molecule has 9 heteroatoms. The maximum Gasteiger partial charge on any atom is 0.269 e. The van der Waals surface area contributed by atoms with E-state index < -0.39 is 4.92 Å². The highest BCUT2D eigenvalue weighted by Crippen LogP contribution is 2.33. The Labute approximate surface area is 148 Å². The lowest BCUT2D eigenvalue weighted by molar-refractivity contribution is -0.384. The molecule has 130 valence electrons. The molecule has 0 fully saturated rings. The van der Waals surface area contributed by atoms with Gasteiger partial charge in [-0.05, 0) is 34.2 Å². The topological polar surface area (TPSA) is 108 Å². The molecule has 0 aliphatic carbocycles. The van der Waals surface area contributed by atoms with E-state index in [1.807, 2.05) is 36.4 Å². The molecular formula is C17H14N6O3. The average Bonchev–Trinajstić information content (AvgIpc) is 3.16. The number of nitrogens with zero attached hydrogens (tertiary/aromatic N) is 5. The summed E-state index contributed by atoms with van der Waals surface area (Å²) >= 11 is 0. The van der Waals surface area contributed by atoms with Crippen molar-refractivity contribution in [3.05, 3.63) is 75.8 Å². The number of nitro benzene ring substituents is 1. The Morgan fingerprint density at radius 1 is 1.23 bits per heavy atom. The van der Waals surface area contributed by atoms with Crippen LogP contribution in [0.2, 0.25) is 0 Å². The second kappa shape index (κ2) is 6.28. The number of ether oxygens (including phenoxy) is 1. The van der Waals surface area contributed by atoms with Crippen molar-refractivity contribution < 1.29 is 9.66 Å². The lowest BCUT2D eigenvalue weighted by Crippen LogP contribution is -2.20. The molecule has 0 amide bonds. The number of aromatic nitrogens is 4. The van der Waals surface area contributed by atoms with Gasteiger partial charge in [0.15, 0.2) is 0 Å². The van der Waals surface area contributed by atoms with Gasteiger partial charge in [0.05, 0.1) is 12.0 Å². The number of rotatable bonds is 4. The highest BCUT2D eigenvalue weighted by Gasteiger charge is 2.25. The van der Waals surface area contributed by atoms with Crippen LogP contribution in [0.15, 0.2) is 54.6 Å². The van der Waals surface area contributed by atoms with Gasteiger partial charge in [0.2, 0.25) is 5.95 Å². The van der Waals surface area contributed by atoms with Gasteiger partial charge in [0.1, 0.15) is 11.8 Å². The predicted molar refractivity (Wildman–Crippen MR) is 93.6 cm³/mol. The summed E-state index contributed by atoms with van der Waals surface area (Å²) < 4.78 is 6.86. The molecule has 1 aliphatic heterocycles. The second-order valence-corrected chi connectivity index (χ2v) is 5.68. The van der Waals surface area contributed by atoms with Crippen LogP contribution >= 0.6 is 0 Å². The van der Waals surface area contributed by atoms with Crippen LogP contribution in [0, 0.1) is 10.1 Å². The first kappa shape index (κ1) is 15.8. The first-order chi connectivity index (χ1) is 12.7. The third kappa shape index (κ3) is 2.75. The highest BCUT2D eigenvalue weighted by atomic mass is 16.6. The Morgan fingerprint density at radius 2 is 2.08 bits per heavy atom. The summed E-state index contributed by atoms with van der Waals surface area (Å²) in [4.78, 5) is 10.7. The van der Waals surface area contributed by atoms with E-state index >= 15 is 0 Å². The number of nitro groups is 1. The van der Waals surface area contributed by atoms with E-state index in [2.05, 4.69) is 20.8 Å². The summed E-state index contributed by atoms with van der Waals surface area (Å²) in [5, 5.41) is 26.0. The van der Waals surface area contributed by atoms with E-state index in [1.165, 1.54) is 12.1 Å². The van der Waals surface area contributed by atoms with Crippen LogP contribution in [0.1, 0.15) is 17.2 Å². The number of fused-ring (bicyclic) bond motifs is 1. The fraction of sp³-hybridized carbons (Fsp3) is 0.118. The van der Waals surface area contributed by atoms with E-state index in [4.69, 9.17) is 4.74 Å². The largest absolute Gasteiger partial charge is 0.497 e. The minimum Gasteiger partial charge on any atom is -0.497 e. The van der Waals surface area contributed by atoms with Crippen molar-refractivity contribution in [1.29, 1.82) is 0 Å². The minimum absolute atomic E-state index is 0.0204. The monoisotopic (exact) mass is 350 g/mol. The van der Waals surface area contributed by atoms with Crippen LogP contribution in [0.3, 0.4) is 0 Å². The average molecular weight is 350 g/mol. The molecule has 26 heavy (non-hydrogen) atoms. The third-order valence-electron chi connectivity index (χ3n) is 4.13. The molecule has 0 saturated carbocycles. The van der Waals surface area contributed by atoms with Gasteiger partial charge in [0, 0.05) is 23.4 Å². The molecule has 2 aromatic carbocycles. The van der Waals surface area contributed by atoms with Crippen molar-refractivity contribution >= 4 is 17.3 Å². The van der Waals surface area contributed by atoms with Crippen molar-refractivity contribution in [3.8, 4) is 5.75 Å². The Bertz CT molecular complexity index is 1010. The quantitative estimate of drug-likeness (QED) is 0.569. The molecule has 0 spiro atoms. The smallest absolute Gasteiger partial charge is 0.269 e. The summed E-state index contributed by atoms with van der Waals surface area (Å²) in [5.41, 5.74) is 2.43. The number of tetrazole rings is 1. The van der Waals surface area contributed by atoms with Gasteiger partial charge in [-0.15, -0.1) is 0 Å². The molecular weight excluding hydrogens is 336 g/mol. The van der Waals surface area contributed by atoms with Crippen LogP contribution in [-0.2, 0) is 0 Å². The zero-order valence-corrected chi connectivity index (χ0v) is 13.7. The van der Waals surface area contributed by atoms with Gasteiger partial charge < -0.3 is 10.1 Å². The second-order valence-electron chi connectivity index (χ2n) is 5.68. The number of non-ortho nitro benzene ring substituents is 1. The zero-order chi connectivity index (χ0) is 18.1. The predicted octanol–water partition coefficient (Wildman–Crippen LogP) is 2.65. The van der Waals surface area contributed by atoms with Crippen molar-refractivity contribution in [1.82, 2.24) is 20.2 Å².